The molecule has 2 aromatic rings. The Labute approximate surface area is 109 Å². The molecule has 0 spiro atoms. The Balaban J connectivity index is 2.40. The Kier molecular flexibility index (Phi) is 3.55. The Morgan fingerprint density at radius 2 is 2.00 bits per heavy atom. The lowest BCUT2D eigenvalue weighted by Gasteiger charge is -2.12. The predicted molar refractivity (Wildman–Crippen MR) is 71.5 cm³/mol. The van der Waals surface area contributed by atoms with Crippen LogP contribution in [0.3, 0.4) is 0 Å². The average Bonchev–Trinajstić information content (AvgIpc) is 2.67. The first kappa shape index (κ1) is 11.9. The number of aryl methyl sites for hydroxylation is 1. The van der Waals surface area contributed by atoms with Crippen LogP contribution >= 0.6 is 34.5 Å². The first-order valence-corrected chi connectivity index (χ1v) is 6.47. The summed E-state index contributed by atoms with van der Waals surface area (Å²) in [6, 6.07) is 7.22. The van der Waals surface area contributed by atoms with Crippen molar-refractivity contribution in [3.05, 3.63) is 55.7 Å². The maximum atomic E-state index is 6.16. The lowest BCUT2D eigenvalue weighted by atomic mass is 10.0. The maximum Gasteiger partial charge on any atom is 0.0575 e. The van der Waals surface area contributed by atoms with Gasteiger partial charge in [0.1, 0.15) is 0 Å². The zero-order chi connectivity index (χ0) is 11.7. The predicted octanol–water partition coefficient (Wildman–Crippen LogP) is 4.41. The highest BCUT2D eigenvalue weighted by atomic mass is 35.5. The molecule has 0 amide bonds. The first-order chi connectivity index (χ1) is 7.58. The third kappa shape index (κ3) is 2.41. The van der Waals surface area contributed by atoms with E-state index in [1.54, 1.807) is 23.5 Å². The van der Waals surface area contributed by atoms with E-state index in [1.807, 2.05) is 6.07 Å². The molecule has 1 aromatic heterocycles. The van der Waals surface area contributed by atoms with Gasteiger partial charge in [-0.15, -0.1) is 11.3 Å². The first-order valence-electron chi connectivity index (χ1n) is 4.83. The van der Waals surface area contributed by atoms with E-state index in [1.165, 1.54) is 4.88 Å². The van der Waals surface area contributed by atoms with Gasteiger partial charge in [-0.2, -0.15) is 0 Å². The van der Waals surface area contributed by atoms with Crippen molar-refractivity contribution in [1.82, 2.24) is 0 Å². The molecular formula is C12H11Cl2NS. The van der Waals surface area contributed by atoms with E-state index in [4.69, 9.17) is 28.9 Å². The molecule has 0 bridgehead atoms. The molecule has 1 atom stereocenters. The largest absolute Gasteiger partial charge is 0.320 e. The van der Waals surface area contributed by atoms with Gasteiger partial charge in [0, 0.05) is 14.9 Å². The van der Waals surface area contributed by atoms with Crippen molar-refractivity contribution in [1.29, 1.82) is 0 Å². The number of thiophene rings is 1. The number of nitrogens with two attached hydrogens (primary N) is 1. The van der Waals surface area contributed by atoms with Gasteiger partial charge in [-0.3, -0.25) is 0 Å². The molecule has 0 aliphatic carbocycles. The second kappa shape index (κ2) is 4.76. The molecule has 2 rings (SSSR count). The lowest BCUT2D eigenvalue weighted by molar-refractivity contribution is 0.876. The number of hydrogen-bond donors (Lipinski definition) is 1. The van der Waals surface area contributed by atoms with Gasteiger partial charge < -0.3 is 5.73 Å². The van der Waals surface area contributed by atoms with E-state index in [2.05, 4.69) is 18.4 Å². The molecule has 4 heteroatoms. The highest BCUT2D eigenvalue weighted by Gasteiger charge is 2.14. The molecule has 0 radical (unpaired) electrons. The fourth-order valence-corrected chi connectivity index (χ4v) is 2.72. The molecule has 0 saturated heterocycles. The van der Waals surface area contributed by atoms with Gasteiger partial charge in [-0.05, 0) is 47.7 Å². The molecule has 1 aromatic carbocycles. The van der Waals surface area contributed by atoms with Crippen LogP contribution in [0.5, 0.6) is 0 Å². The van der Waals surface area contributed by atoms with Crippen LogP contribution in [0.25, 0.3) is 0 Å². The van der Waals surface area contributed by atoms with Gasteiger partial charge in [0.2, 0.25) is 0 Å². The summed E-state index contributed by atoms with van der Waals surface area (Å²) in [6.45, 7) is 2.06. The zero-order valence-corrected chi connectivity index (χ0v) is 11.0. The molecule has 2 N–H and O–H groups in total. The van der Waals surface area contributed by atoms with Gasteiger partial charge in [-0.1, -0.05) is 23.2 Å². The smallest absolute Gasteiger partial charge is 0.0575 e. The highest BCUT2D eigenvalue weighted by molar-refractivity contribution is 7.10. The van der Waals surface area contributed by atoms with E-state index < -0.39 is 0 Å². The maximum absolute atomic E-state index is 6.16. The number of halogens is 2. The van der Waals surface area contributed by atoms with Gasteiger partial charge in [-0.25, -0.2) is 0 Å². The summed E-state index contributed by atoms with van der Waals surface area (Å²) in [5, 5.41) is 3.36. The standard InChI is InChI=1S/C12H11Cl2NS/c1-7-4-8(6-16-7)12(15)10-5-9(13)2-3-11(10)14/h2-6,12H,15H2,1H3. The number of hydrogen-bond acceptors (Lipinski definition) is 2. The van der Waals surface area contributed by atoms with Crippen molar-refractivity contribution < 1.29 is 0 Å². The summed E-state index contributed by atoms with van der Waals surface area (Å²) < 4.78 is 0. The van der Waals surface area contributed by atoms with Crippen molar-refractivity contribution in [3.8, 4) is 0 Å². The Morgan fingerprint density at radius 3 is 2.62 bits per heavy atom. The Morgan fingerprint density at radius 1 is 1.25 bits per heavy atom. The molecule has 0 fully saturated rings. The normalized spacial score (nSPS) is 12.8. The minimum absolute atomic E-state index is 0.212. The molecule has 0 aliphatic heterocycles. The van der Waals surface area contributed by atoms with Gasteiger partial charge >= 0.3 is 0 Å². The zero-order valence-electron chi connectivity index (χ0n) is 8.71. The SMILES string of the molecule is Cc1cc(C(N)c2cc(Cl)ccc2Cl)cs1. The summed E-state index contributed by atoms with van der Waals surface area (Å²) >= 11 is 13.7. The summed E-state index contributed by atoms with van der Waals surface area (Å²) in [4.78, 5) is 1.24. The van der Waals surface area contributed by atoms with Crippen molar-refractivity contribution in [3.63, 3.8) is 0 Å². The Hall–Kier alpha value is -0.540. The van der Waals surface area contributed by atoms with Crippen LogP contribution in [0.2, 0.25) is 10.0 Å². The number of rotatable bonds is 2. The molecule has 1 heterocycles. The summed E-state index contributed by atoms with van der Waals surface area (Å²) in [6.07, 6.45) is 0. The van der Waals surface area contributed by atoms with Crippen LogP contribution in [0.15, 0.2) is 29.6 Å². The summed E-state index contributed by atoms with van der Waals surface area (Å²) in [5.41, 5.74) is 8.11. The summed E-state index contributed by atoms with van der Waals surface area (Å²) in [7, 11) is 0. The second-order valence-electron chi connectivity index (χ2n) is 3.63. The van der Waals surface area contributed by atoms with Crippen LogP contribution in [-0.2, 0) is 0 Å². The van der Waals surface area contributed by atoms with Gasteiger partial charge in [0.25, 0.3) is 0 Å². The van der Waals surface area contributed by atoms with Gasteiger partial charge in [0.15, 0.2) is 0 Å². The van der Waals surface area contributed by atoms with E-state index in [9.17, 15) is 0 Å². The van der Waals surface area contributed by atoms with Crippen molar-refractivity contribution in [2.45, 2.75) is 13.0 Å². The third-order valence-corrected chi connectivity index (χ3v) is 3.86. The molecule has 0 saturated carbocycles. The third-order valence-electron chi connectivity index (χ3n) is 2.40. The van der Waals surface area contributed by atoms with Crippen LogP contribution in [0.1, 0.15) is 22.0 Å². The molecule has 16 heavy (non-hydrogen) atoms. The van der Waals surface area contributed by atoms with Gasteiger partial charge in [0.05, 0.1) is 6.04 Å². The minimum Gasteiger partial charge on any atom is -0.320 e. The molecule has 1 unspecified atom stereocenters. The second-order valence-corrected chi connectivity index (χ2v) is 5.59. The van der Waals surface area contributed by atoms with Crippen LogP contribution in [-0.4, -0.2) is 0 Å². The summed E-state index contributed by atoms with van der Waals surface area (Å²) in [5.74, 6) is 0. The van der Waals surface area contributed by atoms with Crippen LogP contribution in [0, 0.1) is 6.92 Å². The minimum atomic E-state index is -0.212. The van der Waals surface area contributed by atoms with E-state index >= 15 is 0 Å². The quantitative estimate of drug-likeness (QED) is 0.860. The molecule has 0 aliphatic rings. The number of benzene rings is 1. The lowest BCUT2D eigenvalue weighted by Crippen LogP contribution is -2.11. The fraction of sp³-hybridized carbons (Fsp3) is 0.167. The molecule has 1 nitrogen and oxygen atoms in total. The Bertz CT molecular complexity index is 507. The fourth-order valence-electron chi connectivity index (χ4n) is 1.56. The van der Waals surface area contributed by atoms with E-state index in [0.717, 1.165) is 11.1 Å². The molecule has 84 valence electrons. The van der Waals surface area contributed by atoms with Crippen molar-refractivity contribution in [2.24, 2.45) is 5.73 Å². The average molecular weight is 272 g/mol. The van der Waals surface area contributed by atoms with Crippen LogP contribution in [0.4, 0.5) is 0 Å². The van der Waals surface area contributed by atoms with E-state index in [-0.39, 0.29) is 6.04 Å². The van der Waals surface area contributed by atoms with E-state index in [0.29, 0.717) is 10.0 Å². The highest BCUT2D eigenvalue weighted by Crippen LogP contribution is 2.30. The van der Waals surface area contributed by atoms with Crippen molar-refractivity contribution >= 4 is 34.5 Å². The molecular weight excluding hydrogens is 261 g/mol. The van der Waals surface area contributed by atoms with Crippen molar-refractivity contribution in [2.75, 3.05) is 0 Å². The topological polar surface area (TPSA) is 26.0 Å². The monoisotopic (exact) mass is 271 g/mol. The van der Waals surface area contributed by atoms with Crippen LogP contribution < -0.4 is 5.73 Å².